The van der Waals surface area contributed by atoms with Gasteiger partial charge in [-0.15, -0.1) is 0 Å². The van der Waals surface area contributed by atoms with E-state index >= 15 is 0 Å². The van der Waals surface area contributed by atoms with E-state index in [1.54, 1.807) is 0 Å². The van der Waals surface area contributed by atoms with E-state index < -0.39 is 26.0 Å². The highest BCUT2D eigenvalue weighted by Crippen LogP contribution is 2.31. The number of furan rings is 1. The molecule has 0 bridgehead atoms. The molecule has 1 aromatic carbocycles. The van der Waals surface area contributed by atoms with Gasteiger partial charge < -0.3 is 9.15 Å². The highest BCUT2D eigenvalue weighted by atomic mass is 32.2. The van der Waals surface area contributed by atoms with E-state index in [9.17, 15) is 21.6 Å². The van der Waals surface area contributed by atoms with Crippen LogP contribution in [0.25, 0.3) is 0 Å². The van der Waals surface area contributed by atoms with Gasteiger partial charge in [0.25, 0.3) is 0 Å². The zero-order chi connectivity index (χ0) is 23.0. The average molecular weight is 468 g/mol. The fourth-order valence-electron chi connectivity index (χ4n) is 3.47. The standard InChI is InChI=1S/C19H21N3O7S2/c1-13-17(19(23)28-3)18(14(2)29-13)31(26,27)22-9-7-21(8-10-22)30(24,25)16-6-4-5-15(11-16)12-20/h4-6,11H,7-10H2,1-3H3. The zero-order valence-electron chi connectivity index (χ0n) is 17.2. The largest absolute Gasteiger partial charge is 0.465 e. The first-order chi connectivity index (χ1) is 14.5. The third-order valence-corrected chi connectivity index (χ3v) is 8.94. The number of sulfonamides is 2. The summed E-state index contributed by atoms with van der Waals surface area (Å²) >= 11 is 0. The van der Waals surface area contributed by atoms with Crippen LogP contribution in [-0.2, 0) is 24.8 Å². The van der Waals surface area contributed by atoms with Crippen LogP contribution in [0.15, 0.2) is 38.5 Å². The van der Waals surface area contributed by atoms with Gasteiger partial charge in [0.1, 0.15) is 22.0 Å². The van der Waals surface area contributed by atoms with Crippen LogP contribution in [0.3, 0.4) is 0 Å². The summed E-state index contributed by atoms with van der Waals surface area (Å²) in [6, 6.07) is 7.54. The van der Waals surface area contributed by atoms with Crippen molar-refractivity contribution in [1.29, 1.82) is 5.26 Å². The second kappa shape index (κ2) is 8.43. The van der Waals surface area contributed by atoms with Gasteiger partial charge in [0.2, 0.25) is 20.0 Å². The number of aryl methyl sites for hydroxylation is 2. The van der Waals surface area contributed by atoms with Crippen LogP contribution in [0.1, 0.15) is 27.4 Å². The summed E-state index contributed by atoms with van der Waals surface area (Å²) < 4.78 is 64.6. The number of rotatable bonds is 5. The van der Waals surface area contributed by atoms with E-state index in [1.165, 1.54) is 42.4 Å². The summed E-state index contributed by atoms with van der Waals surface area (Å²) in [7, 11) is -6.87. The van der Waals surface area contributed by atoms with Gasteiger partial charge in [0.15, 0.2) is 0 Å². The molecule has 0 N–H and O–H groups in total. The Kier molecular flexibility index (Phi) is 6.24. The van der Waals surface area contributed by atoms with Gasteiger partial charge in [-0.25, -0.2) is 21.6 Å². The van der Waals surface area contributed by atoms with Gasteiger partial charge in [0, 0.05) is 26.2 Å². The van der Waals surface area contributed by atoms with Crippen molar-refractivity contribution >= 4 is 26.0 Å². The SMILES string of the molecule is COC(=O)c1c(C)oc(C)c1S(=O)(=O)N1CCN(S(=O)(=O)c2cccc(C#N)c2)CC1. The monoisotopic (exact) mass is 467 g/mol. The fraction of sp³-hybridized carbons (Fsp3) is 0.368. The molecular weight excluding hydrogens is 446 g/mol. The summed E-state index contributed by atoms with van der Waals surface area (Å²) in [5, 5.41) is 9.00. The van der Waals surface area contributed by atoms with Crippen molar-refractivity contribution in [2.75, 3.05) is 33.3 Å². The normalized spacial score (nSPS) is 16.1. The Labute approximate surface area is 180 Å². The lowest BCUT2D eigenvalue weighted by Crippen LogP contribution is -2.50. The van der Waals surface area contributed by atoms with E-state index in [-0.39, 0.29) is 58.6 Å². The van der Waals surface area contributed by atoms with Crippen molar-refractivity contribution in [2.24, 2.45) is 0 Å². The smallest absolute Gasteiger partial charge is 0.342 e. The second-order valence-corrected chi connectivity index (χ2v) is 10.7. The lowest BCUT2D eigenvalue weighted by Gasteiger charge is -2.33. The molecule has 0 radical (unpaired) electrons. The number of carbonyl (C=O) groups excluding carboxylic acids is 1. The molecule has 0 spiro atoms. The van der Waals surface area contributed by atoms with E-state index in [1.807, 2.05) is 6.07 Å². The minimum absolute atomic E-state index is 0.0304. The van der Waals surface area contributed by atoms with Gasteiger partial charge >= 0.3 is 5.97 Å². The number of piperazine rings is 1. The predicted molar refractivity (Wildman–Crippen MR) is 108 cm³/mol. The molecule has 1 saturated heterocycles. The van der Waals surface area contributed by atoms with Gasteiger partial charge in [-0.3, -0.25) is 0 Å². The molecule has 0 amide bonds. The number of nitriles is 1. The average Bonchev–Trinajstić information content (AvgIpc) is 3.07. The van der Waals surface area contributed by atoms with E-state index in [0.717, 1.165) is 11.4 Å². The topological polar surface area (TPSA) is 138 Å². The first-order valence-corrected chi connectivity index (χ1v) is 12.1. The predicted octanol–water partition coefficient (Wildman–Crippen LogP) is 1.25. The lowest BCUT2D eigenvalue weighted by molar-refractivity contribution is 0.0594. The molecule has 2 heterocycles. The minimum atomic E-state index is -4.13. The molecule has 166 valence electrons. The third kappa shape index (κ3) is 4.09. The zero-order valence-corrected chi connectivity index (χ0v) is 18.8. The summed E-state index contributed by atoms with van der Waals surface area (Å²) in [6.45, 7) is 2.53. The molecule has 10 nitrogen and oxygen atoms in total. The van der Waals surface area contributed by atoms with Crippen LogP contribution in [0.4, 0.5) is 0 Å². The molecule has 1 aliphatic heterocycles. The molecule has 0 unspecified atom stereocenters. The first kappa shape index (κ1) is 23.0. The molecule has 0 atom stereocenters. The van der Waals surface area contributed by atoms with E-state index in [0.29, 0.717) is 0 Å². The van der Waals surface area contributed by atoms with Crippen molar-refractivity contribution in [1.82, 2.24) is 8.61 Å². The molecule has 0 saturated carbocycles. The van der Waals surface area contributed by atoms with Gasteiger partial charge in [0.05, 0.1) is 23.6 Å². The first-order valence-electron chi connectivity index (χ1n) is 9.22. The Morgan fingerprint density at radius 1 is 1.03 bits per heavy atom. The number of carbonyl (C=O) groups is 1. The number of esters is 1. The maximum Gasteiger partial charge on any atom is 0.342 e. The summed E-state index contributed by atoms with van der Waals surface area (Å²) in [5.74, 6) is -0.644. The molecule has 12 heteroatoms. The van der Waals surface area contributed by atoms with Crippen LogP contribution in [0.2, 0.25) is 0 Å². The number of benzene rings is 1. The summed E-state index contributed by atoms with van der Waals surface area (Å²) in [6.07, 6.45) is 0. The molecule has 2 aromatic rings. The van der Waals surface area contributed by atoms with Gasteiger partial charge in [-0.05, 0) is 32.0 Å². The quantitative estimate of drug-likeness (QED) is 0.599. The molecule has 3 rings (SSSR count). The van der Waals surface area contributed by atoms with Crippen LogP contribution in [-0.4, -0.2) is 64.7 Å². The van der Waals surface area contributed by atoms with E-state index in [4.69, 9.17) is 14.4 Å². The maximum absolute atomic E-state index is 13.2. The van der Waals surface area contributed by atoms with Crippen LogP contribution in [0.5, 0.6) is 0 Å². The molecular formula is C19H21N3O7S2. The number of methoxy groups -OCH3 is 1. The molecule has 1 aromatic heterocycles. The molecule has 31 heavy (non-hydrogen) atoms. The van der Waals surface area contributed by atoms with Crippen LogP contribution < -0.4 is 0 Å². The third-order valence-electron chi connectivity index (χ3n) is 4.99. The number of hydrogen-bond acceptors (Lipinski definition) is 8. The lowest BCUT2D eigenvalue weighted by atomic mass is 10.2. The molecule has 0 aliphatic carbocycles. The molecule has 1 fully saturated rings. The fourth-order valence-corrected chi connectivity index (χ4v) is 6.73. The Morgan fingerprint density at radius 3 is 2.16 bits per heavy atom. The maximum atomic E-state index is 13.2. The second-order valence-electron chi connectivity index (χ2n) is 6.86. The van der Waals surface area contributed by atoms with Gasteiger partial charge in [-0.1, -0.05) is 6.07 Å². The Bertz CT molecular complexity index is 1270. The number of hydrogen-bond donors (Lipinski definition) is 0. The van der Waals surface area contributed by atoms with E-state index in [2.05, 4.69) is 0 Å². The van der Waals surface area contributed by atoms with Crippen molar-refractivity contribution < 1.29 is 30.8 Å². The van der Waals surface area contributed by atoms with Crippen molar-refractivity contribution in [3.63, 3.8) is 0 Å². The van der Waals surface area contributed by atoms with Crippen molar-refractivity contribution in [3.8, 4) is 6.07 Å². The van der Waals surface area contributed by atoms with Crippen molar-refractivity contribution in [3.05, 3.63) is 46.9 Å². The van der Waals surface area contributed by atoms with Crippen LogP contribution >= 0.6 is 0 Å². The summed E-state index contributed by atoms with van der Waals surface area (Å²) in [5.41, 5.74) is 0.0480. The van der Waals surface area contributed by atoms with Gasteiger partial charge in [-0.2, -0.15) is 13.9 Å². The Balaban J connectivity index is 1.86. The highest BCUT2D eigenvalue weighted by Gasteiger charge is 2.39. The van der Waals surface area contributed by atoms with Crippen molar-refractivity contribution in [2.45, 2.75) is 23.6 Å². The minimum Gasteiger partial charge on any atom is -0.465 e. The number of nitrogens with zero attached hydrogens (tertiary/aromatic N) is 3. The van der Waals surface area contributed by atoms with Crippen LogP contribution in [0, 0.1) is 25.2 Å². The summed E-state index contributed by atoms with van der Waals surface area (Å²) in [4.78, 5) is 11.8. The molecule has 1 aliphatic rings. The Hall–Kier alpha value is -2.72. The highest BCUT2D eigenvalue weighted by molar-refractivity contribution is 7.89. The number of ether oxygens (including phenoxy) is 1. The Morgan fingerprint density at radius 2 is 1.61 bits per heavy atom.